The van der Waals surface area contributed by atoms with Gasteiger partial charge in [-0.25, -0.2) is 0 Å². The van der Waals surface area contributed by atoms with Gasteiger partial charge in [-0.3, -0.25) is 0 Å². The first kappa shape index (κ1) is 11.7. The summed E-state index contributed by atoms with van der Waals surface area (Å²) in [5.74, 6) is 0. The van der Waals surface area contributed by atoms with Crippen LogP contribution >= 0.6 is 0 Å². The van der Waals surface area contributed by atoms with Crippen LogP contribution in [-0.4, -0.2) is 6.54 Å². The van der Waals surface area contributed by atoms with Gasteiger partial charge in [-0.05, 0) is 62.4 Å². The maximum absolute atomic E-state index is 3.69. The Balaban J connectivity index is 2.27. The molecule has 0 aliphatic carbocycles. The van der Waals surface area contributed by atoms with Crippen LogP contribution in [0.25, 0.3) is 0 Å². The Morgan fingerprint density at radius 3 is 2.50 bits per heavy atom. The predicted octanol–water partition coefficient (Wildman–Crippen LogP) is 3.82. The maximum atomic E-state index is 3.69. The zero-order chi connectivity index (χ0) is 11.5. The van der Waals surface area contributed by atoms with Crippen molar-refractivity contribution >= 4 is 0 Å². The molecule has 2 rings (SSSR count). The average molecular weight is 217 g/mol. The van der Waals surface area contributed by atoms with E-state index in [9.17, 15) is 0 Å². The van der Waals surface area contributed by atoms with Gasteiger partial charge in [0.2, 0.25) is 0 Å². The summed E-state index contributed by atoms with van der Waals surface area (Å²) in [4.78, 5) is 0. The molecule has 1 heteroatoms. The Hall–Kier alpha value is -0.820. The van der Waals surface area contributed by atoms with Crippen LogP contribution in [0.15, 0.2) is 12.1 Å². The van der Waals surface area contributed by atoms with E-state index in [0.717, 1.165) is 0 Å². The van der Waals surface area contributed by atoms with Gasteiger partial charge in [0.25, 0.3) is 0 Å². The summed E-state index contributed by atoms with van der Waals surface area (Å²) in [6.07, 6.45) is 5.38. The van der Waals surface area contributed by atoms with Crippen molar-refractivity contribution in [2.45, 2.75) is 52.5 Å². The third-order valence-electron chi connectivity index (χ3n) is 3.82. The number of hydrogen-bond donors (Lipinski definition) is 1. The van der Waals surface area contributed by atoms with E-state index in [1.165, 1.54) is 54.5 Å². The van der Waals surface area contributed by atoms with E-state index in [2.05, 4.69) is 38.2 Å². The van der Waals surface area contributed by atoms with Crippen LogP contribution in [0.4, 0.5) is 0 Å². The third-order valence-corrected chi connectivity index (χ3v) is 3.82. The van der Waals surface area contributed by atoms with Crippen LogP contribution in [0.5, 0.6) is 0 Å². The Bertz CT molecular complexity index is 360. The molecular formula is C15H23N. The predicted molar refractivity (Wildman–Crippen MR) is 69.9 cm³/mol. The lowest BCUT2D eigenvalue weighted by Crippen LogP contribution is -2.21. The highest BCUT2D eigenvalue weighted by atomic mass is 14.9. The maximum Gasteiger partial charge on any atom is 0.0322 e. The molecule has 1 N–H and O–H groups in total. The van der Waals surface area contributed by atoms with Crippen molar-refractivity contribution in [1.82, 2.24) is 5.32 Å². The quantitative estimate of drug-likeness (QED) is 0.754. The number of benzene rings is 1. The first-order chi connectivity index (χ1) is 7.68. The summed E-state index contributed by atoms with van der Waals surface area (Å²) >= 11 is 0. The van der Waals surface area contributed by atoms with Crippen molar-refractivity contribution in [2.75, 3.05) is 6.54 Å². The summed E-state index contributed by atoms with van der Waals surface area (Å²) in [6.45, 7) is 7.84. The molecular weight excluding hydrogens is 194 g/mol. The van der Waals surface area contributed by atoms with Crippen LogP contribution in [0.1, 0.15) is 54.0 Å². The van der Waals surface area contributed by atoms with Gasteiger partial charge < -0.3 is 5.32 Å². The van der Waals surface area contributed by atoms with Crippen LogP contribution in [-0.2, 0) is 0 Å². The molecule has 0 radical (unpaired) electrons. The molecule has 1 aliphatic heterocycles. The lowest BCUT2D eigenvalue weighted by Gasteiger charge is -2.20. The van der Waals surface area contributed by atoms with E-state index < -0.39 is 0 Å². The molecule has 88 valence electrons. The van der Waals surface area contributed by atoms with E-state index in [1.807, 2.05) is 0 Å². The van der Waals surface area contributed by atoms with E-state index in [0.29, 0.717) is 6.04 Å². The van der Waals surface area contributed by atoms with Crippen LogP contribution < -0.4 is 5.32 Å². The van der Waals surface area contributed by atoms with Gasteiger partial charge >= 0.3 is 0 Å². The SMILES string of the molecule is Cc1cc(C)c(C2CCCCCN2)cc1C. The fourth-order valence-corrected chi connectivity index (χ4v) is 2.65. The Kier molecular flexibility index (Phi) is 3.65. The molecule has 0 aromatic heterocycles. The van der Waals surface area contributed by atoms with Crippen LogP contribution in [0, 0.1) is 20.8 Å². The lowest BCUT2D eigenvalue weighted by atomic mass is 9.93. The number of rotatable bonds is 1. The van der Waals surface area contributed by atoms with Gasteiger partial charge in [0.1, 0.15) is 0 Å². The molecule has 0 amide bonds. The second-order valence-electron chi connectivity index (χ2n) is 5.15. The summed E-state index contributed by atoms with van der Waals surface area (Å²) in [7, 11) is 0. The van der Waals surface area contributed by atoms with Crippen molar-refractivity contribution in [3.63, 3.8) is 0 Å². The van der Waals surface area contributed by atoms with Crippen LogP contribution in [0.3, 0.4) is 0 Å². The molecule has 0 bridgehead atoms. The van der Waals surface area contributed by atoms with Crippen molar-refractivity contribution in [1.29, 1.82) is 0 Å². The molecule has 1 aromatic rings. The fraction of sp³-hybridized carbons (Fsp3) is 0.600. The Morgan fingerprint density at radius 2 is 1.69 bits per heavy atom. The van der Waals surface area contributed by atoms with E-state index in [1.54, 1.807) is 0 Å². The normalized spacial score (nSPS) is 21.8. The standard InChI is InChI=1S/C15H23N/c1-11-9-13(3)14(10-12(11)2)15-7-5-4-6-8-16-15/h9-10,15-16H,4-8H2,1-3H3. The minimum absolute atomic E-state index is 0.585. The van der Waals surface area contributed by atoms with Gasteiger partial charge in [0.15, 0.2) is 0 Å². The molecule has 1 aromatic carbocycles. The Labute approximate surface area is 99.3 Å². The minimum Gasteiger partial charge on any atom is -0.310 e. The lowest BCUT2D eigenvalue weighted by molar-refractivity contribution is 0.532. The summed E-state index contributed by atoms with van der Waals surface area (Å²) in [5, 5.41) is 3.69. The smallest absolute Gasteiger partial charge is 0.0322 e. The zero-order valence-corrected chi connectivity index (χ0v) is 10.8. The van der Waals surface area contributed by atoms with Crippen molar-refractivity contribution in [2.24, 2.45) is 0 Å². The molecule has 1 nitrogen and oxygen atoms in total. The molecule has 0 saturated carbocycles. The largest absolute Gasteiger partial charge is 0.310 e. The van der Waals surface area contributed by atoms with E-state index >= 15 is 0 Å². The Morgan fingerprint density at radius 1 is 0.938 bits per heavy atom. The van der Waals surface area contributed by atoms with Crippen LogP contribution in [0.2, 0.25) is 0 Å². The van der Waals surface area contributed by atoms with Gasteiger partial charge in [0, 0.05) is 6.04 Å². The second kappa shape index (κ2) is 5.01. The molecule has 1 unspecified atom stereocenters. The third kappa shape index (κ3) is 2.46. The van der Waals surface area contributed by atoms with E-state index in [-0.39, 0.29) is 0 Å². The van der Waals surface area contributed by atoms with Crippen molar-refractivity contribution in [3.8, 4) is 0 Å². The highest BCUT2D eigenvalue weighted by Gasteiger charge is 2.15. The molecule has 16 heavy (non-hydrogen) atoms. The molecule has 1 saturated heterocycles. The van der Waals surface area contributed by atoms with Crippen molar-refractivity contribution < 1.29 is 0 Å². The fourth-order valence-electron chi connectivity index (χ4n) is 2.65. The van der Waals surface area contributed by atoms with Gasteiger partial charge in [-0.1, -0.05) is 25.0 Å². The number of aryl methyl sites for hydroxylation is 3. The topological polar surface area (TPSA) is 12.0 Å². The molecule has 1 atom stereocenters. The summed E-state index contributed by atoms with van der Waals surface area (Å²) in [5.41, 5.74) is 5.80. The summed E-state index contributed by atoms with van der Waals surface area (Å²) < 4.78 is 0. The first-order valence-electron chi connectivity index (χ1n) is 6.49. The minimum atomic E-state index is 0.585. The molecule has 1 aliphatic rings. The zero-order valence-electron chi connectivity index (χ0n) is 10.8. The van der Waals surface area contributed by atoms with E-state index in [4.69, 9.17) is 0 Å². The highest BCUT2D eigenvalue weighted by molar-refractivity contribution is 5.38. The number of hydrogen-bond acceptors (Lipinski definition) is 1. The summed E-state index contributed by atoms with van der Waals surface area (Å²) in [6, 6.07) is 5.30. The average Bonchev–Trinajstić information content (AvgIpc) is 2.52. The van der Waals surface area contributed by atoms with Gasteiger partial charge in [0.05, 0.1) is 0 Å². The van der Waals surface area contributed by atoms with Gasteiger partial charge in [-0.2, -0.15) is 0 Å². The number of nitrogens with one attached hydrogen (secondary N) is 1. The van der Waals surface area contributed by atoms with Crippen molar-refractivity contribution in [3.05, 3.63) is 34.4 Å². The second-order valence-corrected chi connectivity index (χ2v) is 5.15. The van der Waals surface area contributed by atoms with Gasteiger partial charge in [-0.15, -0.1) is 0 Å². The monoisotopic (exact) mass is 217 g/mol. The molecule has 1 fully saturated rings. The molecule has 1 heterocycles. The highest BCUT2D eigenvalue weighted by Crippen LogP contribution is 2.27. The first-order valence-corrected chi connectivity index (χ1v) is 6.49. The molecule has 0 spiro atoms.